The number of carbonyl (C=O) groups excluding carboxylic acids is 1. The minimum absolute atomic E-state index is 0.0220. The number of aliphatic hydroxyl groups excluding tert-OH is 2. The zero-order chi connectivity index (χ0) is 25.2. The van der Waals surface area contributed by atoms with Gasteiger partial charge in [-0.25, -0.2) is 9.97 Å². The molecule has 3 heterocycles. The highest BCUT2D eigenvalue weighted by Gasteiger charge is 2.34. The van der Waals surface area contributed by atoms with Crippen molar-refractivity contribution in [3.8, 4) is 17.1 Å². The summed E-state index contributed by atoms with van der Waals surface area (Å²) in [7, 11) is 0. The maximum absolute atomic E-state index is 13.5. The molecule has 4 rings (SSSR count). The number of ether oxygens (including phenoxy) is 1. The van der Waals surface area contributed by atoms with Gasteiger partial charge in [0.2, 0.25) is 5.88 Å². The van der Waals surface area contributed by atoms with Crippen molar-refractivity contribution in [2.75, 3.05) is 18.5 Å². The normalized spacial score (nSPS) is 12.5. The molecule has 4 aromatic rings. The van der Waals surface area contributed by atoms with Gasteiger partial charge in [0.25, 0.3) is 5.91 Å². The number of halogens is 3. The molecule has 0 bridgehead atoms. The molecule has 0 aliphatic heterocycles. The van der Waals surface area contributed by atoms with Crippen molar-refractivity contribution in [2.45, 2.75) is 19.2 Å². The van der Waals surface area contributed by atoms with Gasteiger partial charge in [-0.15, -0.1) is 0 Å². The molecule has 35 heavy (non-hydrogen) atoms. The molecular formula is C23H20F3N5O4. The molecule has 0 radical (unpaired) electrons. The lowest BCUT2D eigenvalue weighted by Gasteiger charge is -2.13. The van der Waals surface area contributed by atoms with Crippen LogP contribution < -0.4 is 10.1 Å². The SMILES string of the molecule is Cc1cc(-c2ccccc2C(F)(F)F)nn2c(NC(=O)c3cccc(OCC(O)CO)n3)cnc12. The Hall–Kier alpha value is -4.03. The van der Waals surface area contributed by atoms with Crippen LogP contribution >= 0.6 is 0 Å². The maximum atomic E-state index is 13.5. The van der Waals surface area contributed by atoms with Gasteiger partial charge >= 0.3 is 6.18 Å². The molecule has 0 aliphatic rings. The monoisotopic (exact) mass is 487 g/mol. The number of rotatable bonds is 7. The number of imidazole rings is 1. The van der Waals surface area contributed by atoms with Crippen molar-refractivity contribution < 1.29 is 32.9 Å². The van der Waals surface area contributed by atoms with E-state index in [-0.39, 0.29) is 35.3 Å². The van der Waals surface area contributed by atoms with E-state index >= 15 is 0 Å². The zero-order valence-electron chi connectivity index (χ0n) is 18.3. The molecule has 0 saturated heterocycles. The van der Waals surface area contributed by atoms with Crippen LogP contribution in [0.3, 0.4) is 0 Å². The number of amides is 1. The lowest BCUT2D eigenvalue weighted by Crippen LogP contribution is -2.22. The lowest BCUT2D eigenvalue weighted by molar-refractivity contribution is -0.137. The van der Waals surface area contributed by atoms with Crippen LogP contribution in [0.25, 0.3) is 16.9 Å². The van der Waals surface area contributed by atoms with Crippen molar-refractivity contribution >= 4 is 17.4 Å². The fourth-order valence-corrected chi connectivity index (χ4v) is 3.33. The van der Waals surface area contributed by atoms with Crippen LogP contribution in [0.4, 0.5) is 19.0 Å². The van der Waals surface area contributed by atoms with E-state index in [0.717, 1.165) is 6.07 Å². The van der Waals surface area contributed by atoms with Crippen LogP contribution in [0.15, 0.2) is 54.7 Å². The molecule has 3 aromatic heterocycles. The highest BCUT2D eigenvalue weighted by molar-refractivity contribution is 6.02. The summed E-state index contributed by atoms with van der Waals surface area (Å²) in [4.78, 5) is 21.1. The van der Waals surface area contributed by atoms with Crippen LogP contribution in [0.5, 0.6) is 5.88 Å². The number of nitrogens with zero attached hydrogens (tertiary/aromatic N) is 4. The van der Waals surface area contributed by atoms with Crippen molar-refractivity contribution in [3.63, 3.8) is 0 Å². The summed E-state index contributed by atoms with van der Waals surface area (Å²) in [5.41, 5.74) is 0.0236. The van der Waals surface area contributed by atoms with Crippen LogP contribution in [-0.2, 0) is 6.18 Å². The van der Waals surface area contributed by atoms with Gasteiger partial charge in [-0.3, -0.25) is 4.79 Å². The third-order valence-corrected chi connectivity index (χ3v) is 4.99. The summed E-state index contributed by atoms with van der Waals surface area (Å²) >= 11 is 0. The lowest BCUT2D eigenvalue weighted by atomic mass is 10.0. The summed E-state index contributed by atoms with van der Waals surface area (Å²) < 4.78 is 47.1. The Balaban J connectivity index is 1.65. The predicted octanol–water partition coefficient (Wildman–Crippen LogP) is 3.10. The Bertz CT molecular complexity index is 1370. The number of alkyl halides is 3. The number of hydrogen-bond acceptors (Lipinski definition) is 7. The summed E-state index contributed by atoms with van der Waals surface area (Å²) in [6.45, 7) is 0.974. The molecule has 0 aliphatic carbocycles. The van der Waals surface area contributed by atoms with Crippen LogP contribution in [0.1, 0.15) is 21.6 Å². The molecule has 1 atom stereocenters. The highest BCUT2D eigenvalue weighted by Crippen LogP contribution is 2.36. The van der Waals surface area contributed by atoms with Gasteiger partial charge in [0.1, 0.15) is 18.4 Å². The summed E-state index contributed by atoms with van der Waals surface area (Å²) in [5.74, 6) is -0.452. The number of aromatic nitrogens is 4. The number of hydrogen-bond donors (Lipinski definition) is 3. The minimum Gasteiger partial charge on any atom is -0.475 e. The smallest absolute Gasteiger partial charge is 0.417 e. The predicted molar refractivity (Wildman–Crippen MR) is 119 cm³/mol. The van der Waals surface area contributed by atoms with Gasteiger partial charge in [-0.2, -0.15) is 22.8 Å². The number of pyridine rings is 1. The molecular weight excluding hydrogens is 467 g/mol. The Morgan fingerprint density at radius 2 is 1.97 bits per heavy atom. The maximum Gasteiger partial charge on any atom is 0.417 e. The third-order valence-electron chi connectivity index (χ3n) is 4.99. The molecule has 3 N–H and O–H groups in total. The average Bonchev–Trinajstić information content (AvgIpc) is 3.25. The number of anilines is 1. The standard InChI is InChI=1S/C23H20F3N5O4/c1-13-9-18(15-5-2-3-6-16(15)23(24,25)26)30-31-19(10-27-21(13)31)29-22(34)17-7-4-8-20(28-17)35-12-14(33)11-32/h2-10,14,32-33H,11-12H2,1H3,(H,29,34). The first kappa shape index (κ1) is 24.1. The molecule has 182 valence electrons. The fraction of sp³-hybridized carbons (Fsp3) is 0.217. The largest absolute Gasteiger partial charge is 0.475 e. The van der Waals surface area contributed by atoms with Crippen LogP contribution in [-0.4, -0.2) is 55.0 Å². The molecule has 0 saturated carbocycles. The van der Waals surface area contributed by atoms with Gasteiger partial charge in [0.05, 0.1) is 24.1 Å². The van der Waals surface area contributed by atoms with E-state index in [1.54, 1.807) is 6.92 Å². The minimum atomic E-state index is -4.57. The number of aryl methyl sites for hydroxylation is 1. The van der Waals surface area contributed by atoms with Crippen molar-refractivity contribution in [1.82, 2.24) is 19.6 Å². The first-order chi connectivity index (χ1) is 16.7. The zero-order valence-corrected chi connectivity index (χ0v) is 18.3. The summed E-state index contributed by atoms with van der Waals surface area (Å²) in [5, 5.41) is 25.2. The van der Waals surface area contributed by atoms with Crippen LogP contribution in [0, 0.1) is 6.92 Å². The number of aliphatic hydroxyl groups is 2. The van der Waals surface area contributed by atoms with Gasteiger partial charge in [-0.1, -0.05) is 24.3 Å². The Morgan fingerprint density at radius 1 is 1.20 bits per heavy atom. The quantitative estimate of drug-likeness (QED) is 0.366. The molecule has 0 spiro atoms. The second-order valence-electron chi connectivity index (χ2n) is 7.60. The Labute approximate surface area is 196 Å². The van der Waals surface area contributed by atoms with Gasteiger partial charge < -0.3 is 20.3 Å². The number of benzene rings is 1. The Morgan fingerprint density at radius 3 is 2.71 bits per heavy atom. The van der Waals surface area contributed by atoms with E-state index in [1.807, 2.05) is 0 Å². The second kappa shape index (κ2) is 9.68. The highest BCUT2D eigenvalue weighted by atomic mass is 19.4. The van der Waals surface area contributed by atoms with E-state index in [1.165, 1.54) is 53.2 Å². The Kier molecular flexibility index (Phi) is 6.67. The first-order valence-corrected chi connectivity index (χ1v) is 10.4. The van der Waals surface area contributed by atoms with E-state index < -0.39 is 30.4 Å². The molecule has 12 heteroatoms. The van der Waals surface area contributed by atoms with Gasteiger partial charge in [0.15, 0.2) is 11.5 Å². The van der Waals surface area contributed by atoms with E-state index in [4.69, 9.17) is 9.84 Å². The van der Waals surface area contributed by atoms with Crippen molar-refractivity contribution in [3.05, 3.63) is 71.5 Å². The van der Waals surface area contributed by atoms with E-state index in [0.29, 0.717) is 11.2 Å². The topological polar surface area (TPSA) is 122 Å². The average molecular weight is 487 g/mol. The molecule has 9 nitrogen and oxygen atoms in total. The summed E-state index contributed by atoms with van der Waals surface area (Å²) in [6, 6.07) is 11.0. The second-order valence-corrected chi connectivity index (χ2v) is 7.60. The third kappa shape index (κ3) is 5.23. The first-order valence-electron chi connectivity index (χ1n) is 10.4. The van der Waals surface area contributed by atoms with Crippen LogP contribution in [0.2, 0.25) is 0 Å². The molecule has 0 fully saturated rings. The van der Waals surface area contributed by atoms with Gasteiger partial charge in [-0.05, 0) is 30.7 Å². The summed E-state index contributed by atoms with van der Waals surface area (Å²) in [6.07, 6.45) is -4.33. The van der Waals surface area contributed by atoms with E-state index in [2.05, 4.69) is 20.4 Å². The van der Waals surface area contributed by atoms with Gasteiger partial charge in [0, 0.05) is 11.6 Å². The molecule has 1 unspecified atom stereocenters. The number of fused-ring (bicyclic) bond motifs is 1. The van der Waals surface area contributed by atoms with Crippen molar-refractivity contribution in [2.24, 2.45) is 0 Å². The number of carbonyl (C=O) groups is 1. The molecule has 1 aromatic carbocycles. The van der Waals surface area contributed by atoms with Crippen molar-refractivity contribution in [1.29, 1.82) is 0 Å². The van der Waals surface area contributed by atoms with E-state index in [9.17, 15) is 23.1 Å². The fourth-order valence-electron chi connectivity index (χ4n) is 3.33. The molecule has 1 amide bonds. The number of nitrogens with one attached hydrogen (secondary N) is 1.